The van der Waals surface area contributed by atoms with Crippen molar-refractivity contribution < 1.29 is 8.85 Å². The smallest absolute Gasteiger partial charge is 0.344 e. The van der Waals surface area contributed by atoms with Gasteiger partial charge in [0.2, 0.25) is 0 Å². The molecule has 0 N–H and O–H groups in total. The molecule has 0 radical (unpaired) electrons. The standard InChI is InChI=1S/C20H40O2Si/c1-7-19(8-2)13-17(14-19)23(21-11-5,22-12-6)18-15-20(9-3,10-4)16-18/h17-18H,7-16H2,1-6H3. The van der Waals surface area contributed by atoms with Crippen LogP contribution in [0.3, 0.4) is 0 Å². The zero-order chi connectivity index (χ0) is 17.1. The summed E-state index contributed by atoms with van der Waals surface area (Å²) in [7, 11) is -2.07. The first-order chi connectivity index (χ1) is 11.0. The van der Waals surface area contributed by atoms with Gasteiger partial charge in [-0.05, 0) is 50.4 Å². The van der Waals surface area contributed by atoms with Crippen LogP contribution in [0.1, 0.15) is 92.9 Å². The third-order valence-electron chi connectivity index (χ3n) is 7.60. The van der Waals surface area contributed by atoms with Gasteiger partial charge in [0.25, 0.3) is 0 Å². The minimum absolute atomic E-state index is 0.591. The predicted molar refractivity (Wildman–Crippen MR) is 101 cm³/mol. The van der Waals surface area contributed by atoms with E-state index in [1.54, 1.807) is 0 Å². The lowest BCUT2D eigenvalue weighted by molar-refractivity contribution is 0.0336. The fourth-order valence-electron chi connectivity index (χ4n) is 5.49. The molecule has 0 amide bonds. The van der Waals surface area contributed by atoms with Crippen LogP contribution in [0.25, 0.3) is 0 Å². The summed E-state index contributed by atoms with van der Waals surface area (Å²) in [5.74, 6) is 0. The number of hydrogen-bond acceptors (Lipinski definition) is 2. The minimum Gasteiger partial charge on any atom is -0.394 e. The lowest BCUT2D eigenvalue weighted by atomic mass is 9.64. The largest absolute Gasteiger partial charge is 0.394 e. The molecule has 0 heterocycles. The Morgan fingerprint density at radius 1 is 0.652 bits per heavy atom. The Hall–Kier alpha value is 0.137. The summed E-state index contributed by atoms with van der Waals surface area (Å²) < 4.78 is 13.1. The van der Waals surface area contributed by atoms with Gasteiger partial charge in [-0.3, -0.25) is 0 Å². The molecule has 2 rings (SSSR count). The summed E-state index contributed by atoms with van der Waals surface area (Å²) in [6.07, 6.45) is 10.7. The fraction of sp³-hybridized carbons (Fsp3) is 1.00. The molecule has 0 aromatic carbocycles. The van der Waals surface area contributed by atoms with E-state index in [4.69, 9.17) is 8.85 Å². The Balaban J connectivity index is 2.14. The van der Waals surface area contributed by atoms with Gasteiger partial charge in [0.15, 0.2) is 0 Å². The molecule has 0 spiro atoms. The molecule has 2 aliphatic rings. The van der Waals surface area contributed by atoms with Crippen molar-refractivity contribution in [3.8, 4) is 0 Å². The summed E-state index contributed by atoms with van der Waals surface area (Å²) in [5, 5.41) is 0. The SMILES string of the molecule is CCO[Si](OCC)(C1CC(CC)(CC)C1)C1CC(CC)(CC)C1. The van der Waals surface area contributed by atoms with Gasteiger partial charge in [-0.25, -0.2) is 0 Å². The van der Waals surface area contributed by atoms with Gasteiger partial charge < -0.3 is 8.85 Å². The molecule has 0 aliphatic heterocycles. The van der Waals surface area contributed by atoms with Crippen LogP contribution in [-0.4, -0.2) is 21.8 Å². The molecule has 2 saturated carbocycles. The normalized spacial score (nSPS) is 24.3. The molecule has 0 unspecified atom stereocenters. The summed E-state index contributed by atoms with van der Waals surface area (Å²) in [6, 6.07) is 0. The van der Waals surface area contributed by atoms with Crippen molar-refractivity contribution in [2.45, 2.75) is 104 Å². The van der Waals surface area contributed by atoms with Crippen LogP contribution in [0.15, 0.2) is 0 Å². The van der Waals surface area contributed by atoms with Crippen molar-refractivity contribution in [1.29, 1.82) is 0 Å². The van der Waals surface area contributed by atoms with Crippen molar-refractivity contribution in [2.24, 2.45) is 10.8 Å². The van der Waals surface area contributed by atoms with Crippen LogP contribution in [0.4, 0.5) is 0 Å². The maximum absolute atomic E-state index is 6.56. The van der Waals surface area contributed by atoms with E-state index in [-0.39, 0.29) is 0 Å². The summed E-state index contributed by atoms with van der Waals surface area (Å²) in [4.78, 5) is 0. The summed E-state index contributed by atoms with van der Waals surface area (Å²) >= 11 is 0. The fourth-order valence-corrected chi connectivity index (χ4v) is 11.0. The number of hydrogen-bond donors (Lipinski definition) is 0. The molecule has 2 fully saturated rings. The molecule has 2 nitrogen and oxygen atoms in total. The van der Waals surface area contributed by atoms with E-state index in [0.29, 0.717) is 10.8 Å². The molecule has 0 aromatic rings. The van der Waals surface area contributed by atoms with Gasteiger partial charge in [0, 0.05) is 24.3 Å². The predicted octanol–water partition coefficient (Wildman–Crippen LogP) is 6.44. The lowest BCUT2D eigenvalue weighted by Gasteiger charge is -2.60. The first-order valence-corrected chi connectivity index (χ1v) is 12.2. The maximum Gasteiger partial charge on any atom is 0.344 e. The second kappa shape index (κ2) is 7.57. The van der Waals surface area contributed by atoms with Gasteiger partial charge in [-0.2, -0.15) is 0 Å². The molecule has 0 bridgehead atoms. The topological polar surface area (TPSA) is 18.5 Å². The first kappa shape index (κ1) is 19.5. The second-order valence-corrected chi connectivity index (χ2v) is 11.9. The Kier molecular flexibility index (Phi) is 6.41. The highest BCUT2D eigenvalue weighted by molar-refractivity contribution is 6.71. The van der Waals surface area contributed by atoms with Crippen molar-refractivity contribution in [3.63, 3.8) is 0 Å². The Bertz CT molecular complexity index is 322. The highest BCUT2D eigenvalue weighted by Gasteiger charge is 2.64. The van der Waals surface area contributed by atoms with Crippen molar-refractivity contribution in [2.75, 3.05) is 13.2 Å². The van der Waals surface area contributed by atoms with E-state index >= 15 is 0 Å². The van der Waals surface area contributed by atoms with E-state index in [9.17, 15) is 0 Å². The summed E-state index contributed by atoms with van der Waals surface area (Å²) in [6.45, 7) is 15.5. The zero-order valence-electron chi connectivity index (χ0n) is 16.5. The van der Waals surface area contributed by atoms with E-state index < -0.39 is 8.56 Å². The number of rotatable bonds is 10. The second-order valence-electron chi connectivity index (χ2n) is 8.21. The van der Waals surface area contributed by atoms with Crippen molar-refractivity contribution in [1.82, 2.24) is 0 Å². The molecule has 0 saturated heterocycles. The van der Waals surface area contributed by atoms with Crippen LogP contribution in [0.5, 0.6) is 0 Å². The van der Waals surface area contributed by atoms with Gasteiger partial charge >= 0.3 is 8.56 Å². The van der Waals surface area contributed by atoms with Gasteiger partial charge in [0.1, 0.15) is 0 Å². The average Bonchev–Trinajstić information content (AvgIpc) is 2.47. The van der Waals surface area contributed by atoms with E-state index in [2.05, 4.69) is 41.5 Å². The van der Waals surface area contributed by atoms with Crippen LogP contribution in [0.2, 0.25) is 11.1 Å². The monoisotopic (exact) mass is 340 g/mol. The minimum atomic E-state index is -2.07. The molecule has 0 aromatic heterocycles. The van der Waals surface area contributed by atoms with E-state index in [1.807, 2.05) is 0 Å². The van der Waals surface area contributed by atoms with Gasteiger partial charge in [0.05, 0.1) is 0 Å². The van der Waals surface area contributed by atoms with Crippen LogP contribution in [-0.2, 0) is 8.85 Å². The molecular weight excluding hydrogens is 300 g/mol. The zero-order valence-corrected chi connectivity index (χ0v) is 17.5. The van der Waals surface area contributed by atoms with Crippen LogP contribution >= 0.6 is 0 Å². The molecule has 136 valence electrons. The molecular formula is C20H40O2Si. The van der Waals surface area contributed by atoms with Gasteiger partial charge in [-0.15, -0.1) is 0 Å². The summed E-state index contributed by atoms with van der Waals surface area (Å²) in [5.41, 5.74) is 2.65. The third-order valence-corrected chi connectivity index (χ3v) is 12.2. The van der Waals surface area contributed by atoms with Crippen molar-refractivity contribution in [3.05, 3.63) is 0 Å². The lowest BCUT2D eigenvalue weighted by Crippen LogP contribution is -2.61. The first-order valence-electron chi connectivity index (χ1n) is 10.3. The average molecular weight is 341 g/mol. The molecule has 23 heavy (non-hydrogen) atoms. The van der Waals surface area contributed by atoms with Crippen LogP contribution < -0.4 is 0 Å². The molecule has 0 atom stereocenters. The highest BCUT2D eigenvalue weighted by atomic mass is 28.4. The van der Waals surface area contributed by atoms with Crippen LogP contribution in [0, 0.1) is 10.8 Å². The van der Waals surface area contributed by atoms with Gasteiger partial charge in [-0.1, -0.05) is 53.4 Å². The van der Waals surface area contributed by atoms with Crippen molar-refractivity contribution >= 4 is 8.56 Å². The van der Waals surface area contributed by atoms with E-state index in [0.717, 1.165) is 24.3 Å². The Morgan fingerprint density at radius 2 is 0.957 bits per heavy atom. The third kappa shape index (κ3) is 3.30. The van der Waals surface area contributed by atoms with E-state index in [1.165, 1.54) is 51.4 Å². The quantitative estimate of drug-likeness (QED) is 0.426. The molecule has 3 heteroatoms. The Labute approximate surface area is 146 Å². The maximum atomic E-state index is 6.56. The highest BCUT2D eigenvalue weighted by Crippen LogP contribution is 2.66. The molecule has 2 aliphatic carbocycles. The Morgan fingerprint density at radius 3 is 1.17 bits per heavy atom.